The lowest BCUT2D eigenvalue weighted by atomic mass is 9.98. The van der Waals surface area contributed by atoms with Crippen LogP contribution in [0.5, 0.6) is 0 Å². The maximum atomic E-state index is 11.3. The smallest absolute Gasteiger partial charge is 0.138 e. The van der Waals surface area contributed by atoms with E-state index < -0.39 is 0 Å². The Morgan fingerprint density at radius 3 is 2.93 bits per heavy atom. The van der Waals surface area contributed by atoms with E-state index in [4.69, 9.17) is 4.74 Å². The van der Waals surface area contributed by atoms with Crippen LogP contribution in [0.3, 0.4) is 0 Å². The van der Waals surface area contributed by atoms with Crippen LogP contribution in [0.4, 0.5) is 0 Å². The molecule has 1 aliphatic heterocycles. The van der Waals surface area contributed by atoms with Gasteiger partial charge in [-0.3, -0.25) is 9.78 Å². The zero-order valence-corrected chi connectivity index (χ0v) is 9.12. The first-order valence-electron chi connectivity index (χ1n) is 5.23. The van der Waals surface area contributed by atoms with Crippen LogP contribution in [0.1, 0.15) is 35.8 Å². The molecule has 1 unspecified atom stereocenters. The standard InChI is InChI=1S/C12H15NO2/c1-8-5-9(2)13-7-11(8)12-6-10(14)3-4-15-12/h5,7,12H,3-4,6H2,1-2H3. The normalized spacial score (nSPS) is 21.7. The molecular weight excluding hydrogens is 190 g/mol. The van der Waals surface area contributed by atoms with Crippen LogP contribution >= 0.6 is 0 Å². The zero-order valence-electron chi connectivity index (χ0n) is 9.12. The summed E-state index contributed by atoms with van der Waals surface area (Å²) in [5.74, 6) is 0.284. The first-order chi connectivity index (χ1) is 7.16. The van der Waals surface area contributed by atoms with Crippen molar-refractivity contribution in [3.63, 3.8) is 0 Å². The van der Waals surface area contributed by atoms with Gasteiger partial charge >= 0.3 is 0 Å². The molecule has 1 aromatic heterocycles. The molecule has 1 aliphatic rings. The van der Waals surface area contributed by atoms with Gasteiger partial charge in [-0.2, -0.15) is 0 Å². The topological polar surface area (TPSA) is 39.2 Å². The molecule has 1 aromatic rings. The molecule has 0 saturated carbocycles. The van der Waals surface area contributed by atoms with E-state index in [2.05, 4.69) is 4.98 Å². The quantitative estimate of drug-likeness (QED) is 0.705. The summed E-state index contributed by atoms with van der Waals surface area (Å²) in [6.45, 7) is 4.53. The molecule has 0 spiro atoms. The average Bonchev–Trinajstić information content (AvgIpc) is 2.17. The molecule has 1 fully saturated rings. The minimum atomic E-state index is -0.0839. The van der Waals surface area contributed by atoms with Crippen molar-refractivity contribution in [2.45, 2.75) is 32.8 Å². The summed E-state index contributed by atoms with van der Waals surface area (Å²) in [4.78, 5) is 15.6. The molecule has 0 radical (unpaired) electrons. The second-order valence-corrected chi connectivity index (χ2v) is 4.03. The number of rotatable bonds is 1. The molecule has 2 rings (SSSR count). The maximum Gasteiger partial charge on any atom is 0.138 e. The van der Waals surface area contributed by atoms with E-state index >= 15 is 0 Å². The van der Waals surface area contributed by atoms with Crippen LogP contribution in [0.25, 0.3) is 0 Å². The van der Waals surface area contributed by atoms with Crippen LogP contribution in [-0.2, 0) is 9.53 Å². The lowest BCUT2D eigenvalue weighted by Crippen LogP contribution is -2.20. The van der Waals surface area contributed by atoms with Gasteiger partial charge in [0.05, 0.1) is 12.7 Å². The number of nitrogens with zero attached hydrogens (tertiary/aromatic N) is 1. The van der Waals surface area contributed by atoms with Crippen LogP contribution in [0.2, 0.25) is 0 Å². The number of hydrogen-bond acceptors (Lipinski definition) is 3. The number of carbonyl (C=O) groups excluding carboxylic acids is 1. The summed E-state index contributed by atoms with van der Waals surface area (Å²) in [5.41, 5.74) is 3.20. The zero-order chi connectivity index (χ0) is 10.8. The van der Waals surface area contributed by atoms with Crippen molar-refractivity contribution in [2.24, 2.45) is 0 Å². The largest absolute Gasteiger partial charge is 0.373 e. The highest BCUT2D eigenvalue weighted by atomic mass is 16.5. The summed E-state index contributed by atoms with van der Waals surface area (Å²) in [7, 11) is 0. The molecule has 0 aromatic carbocycles. The van der Waals surface area contributed by atoms with Crippen molar-refractivity contribution >= 4 is 5.78 Å². The Hall–Kier alpha value is -1.22. The molecule has 1 saturated heterocycles. The number of pyridine rings is 1. The molecule has 2 heterocycles. The fourth-order valence-corrected chi connectivity index (χ4v) is 1.93. The highest BCUT2D eigenvalue weighted by molar-refractivity contribution is 5.79. The molecule has 3 nitrogen and oxygen atoms in total. The fourth-order valence-electron chi connectivity index (χ4n) is 1.93. The van der Waals surface area contributed by atoms with E-state index in [0.717, 1.165) is 16.8 Å². The molecular formula is C12H15NO2. The number of aryl methyl sites for hydroxylation is 2. The van der Waals surface area contributed by atoms with E-state index in [1.165, 1.54) is 0 Å². The van der Waals surface area contributed by atoms with Crippen molar-refractivity contribution in [1.82, 2.24) is 4.98 Å². The molecule has 3 heteroatoms. The Morgan fingerprint density at radius 2 is 2.27 bits per heavy atom. The third kappa shape index (κ3) is 2.23. The van der Waals surface area contributed by atoms with Gasteiger partial charge in [0.25, 0.3) is 0 Å². The monoisotopic (exact) mass is 205 g/mol. The Labute approximate surface area is 89.5 Å². The summed E-state index contributed by atoms with van der Waals surface area (Å²) in [6.07, 6.45) is 2.79. The van der Waals surface area contributed by atoms with Gasteiger partial charge in [-0.05, 0) is 25.5 Å². The maximum absolute atomic E-state index is 11.3. The summed E-state index contributed by atoms with van der Waals surface area (Å²) in [6, 6.07) is 2.03. The van der Waals surface area contributed by atoms with Crippen LogP contribution < -0.4 is 0 Å². The Morgan fingerprint density at radius 1 is 1.47 bits per heavy atom. The number of ether oxygens (including phenoxy) is 1. The predicted octanol–water partition coefficient (Wildman–Crippen LogP) is 2.12. The van der Waals surface area contributed by atoms with Crippen molar-refractivity contribution in [3.05, 3.63) is 29.1 Å². The molecule has 0 N–H and O–H groups in total. The highest BCUT2D eigenvalue weighted by Gasteiger charge is 2.23. The summed E-state index contributed by atoms with van der Waals surface area (Å²) < 4.78 is 5.59. The second-order valence-electron chi connectivity index (χ2n) is 4.03. The molecule has 1 atom stereocenters. The Balaban J connectivity index is 2.24. The summed E-state index contributed by atoms with van der Waals surface area (Å²) >= 11 is 0. The van der Waals surface area contributed by atoms with Crippen molar-refractivity contribution in [2.75, 3.05) is 6.61 Å². The fraction of sp³-hybridized carbons (Fsp3) is 0.500. The van der Waals surface area contributed by atoms with Gasteiger partial charge in [-0.25, -0.2) is 0 Å². The first kappa shape index (κ1) is 10.3. The van der Waals surface area contributed by atoms with Crippen LogP contribution in [0.15, 0.2) is 12.3 Å². The number of ketones is 1. The van der Waals surface area contributed by atoms with E-state index in [9.17, 15) is 4.79 Å². The Bertz CT molecular complexity index is 387. The molecule has 80 valence electrons. The van der Waals surface area contributed by atoms with Crippen LogP contribution in [-0.4, -0.2) is 17.4 Å². The van der Waals surface area contributed by atoms with E-state index in [-0.39, 0.29) is 11.9 Å². The molecule has 0 bridgehead atoms. The average molecular weight is 205 g/mol. The Kier molecular flexibility index (Phi) is 2.82. The minimum absolute atomic E-state index is 0.0839. The van der Waals surface area contributed by atoms with Gasteiger partial charge in [0.1, 0.15) is 5.78 Å². The molecule has 0 aliphatic carbocycles. The SMILES string of the molecule is Cc1cc(C)c(C2CC(=O)CCO2)cn1. The van der Waals surface area contributed by atoms with E-state index in [1.54, 1.807) is 0 Å². The molecule has 0 amide bonds. The number of hydrogen-bond donors (Lipinski definition) is 0. The van der Waals surface area contributed by atoms with Crippen molar-refractivity contribution < 1.29 is 9.53 Å². The third-order valence-electron chi connectivity index (χ3n) is 2.75. The second kappa shape index (κ2) is 4.11. The minimum Gasteiger partial charge on any atom is -0.373 e. The van der Waals surface area contributed by atoms with Gasteiger partial charge in [-0.15, -0.1) is 0 Å². The number of aromatic nitrogens is 1. The van der Waals surface area contributed by atoms with Gasteiger partial charge < -0.3 is 4.74 Å². The van der Waals surface area contributed by atoms with E-state index in [1.807, 2.05) is 26.1 Å². The van der Waals surface area contributed by atoms with Crippen molar-refractivity contribution in [3.8, 4) is 0 Å². The van der Waals surface area contributed by atoms with E-state index in [0.29, 0.717) is 19.4 Å². The number of Topliss-reactive ketones (excluding diaryl/α,β-unsaturated/α-hetero) is 1. The lowest BCUT2D eigenvalue weighted by molar-refractivity contribution is -0.128. The molecule has 15 heavy (non-hydrogen) atoms. The van der Waals surface area contributed by atoms with Gasteiger partial charge in [-0.1, -0.05) is 0 Å². The van der Waals surface area contributed by atoms with Crippen LogP contribution in [0, 0.1) is 13.8 Å². The lowest BCUT2D eigenvalue weighted by Gasteiger charge is -2.23. The van der Waals surface area contributed by atoms with Gasteiger partial charge in [0, 0.05) is 30.3 Å². The van der Waals surface area contributed by atoms with Gasteiger partial charge in [0.15, 0.2) is 0 Å². The first-order valence-corrected chi connectivity index (χ1v) is 5.23. The van der Waals surface area contributed by atoms with Crippen molar-refractivity contribution in [1.29, 1.82) is 0 Å². The van der Waals surface area contributed by atoms with Gasteiger partial charge in [0.2, 0.25) is 0 Å². The third-order valence-corrected chi connectivity index (χ3v) is 2.75. The predicted molar refractivity (Wildman–Crippen MR) is 56.6 cm³/mol. The number of carbonyl (C=O) groups is 1. The highest BCUT2D eigenvalue weighted by Crippen LogP contribution is 2.27. The summed E-state index contributed by atoms with van der Waals surface area (Å²) in [5, 5.41) is 0.